The molecule has 0 saturated carbocycles. The van der Waals surface area contributed by atoms with E-state index in [2.05, 4.69) is 10.6 Å². The van der Waals surface area contributed by atoms with Crippen molar-refractivity contribution in [3.63, 3.8) is 0 Å². The van der Waals surface area contributed by atoms with Crippen LogP contribution in [0.4, 0.5) is 4.79 Å². The fourth-order valence-corrected chi connectivity index (χ4v) is 4.71. The van der Waals surface area contributed by atoms with Crippen molar-refractivity contribution < 1.29 is 28.6 Å². The molecule has 5 rings (SSSR count). The molecule has 1 aromatic heterocycles. The second-order valence-corrected chi connectivity index (χ2v) is 9.44. The number of carbonyl (C=O) groups excluding carboxylic acids is 3. The number of pyridine rings is 1. The van der Waals surface area contributed by atoms with Gasteiger partial charge in [-0.3, -0.25) is 0 Å². The van der Waals surface area contributed by atoms with Crippen LogP contribution in [0.5, 0.6) is 5.75 Å². The van der Waals surface area contributed by atoms with E-state index in [-0.39, 0.29) is 24.5 Å². The molecule has 0 radical (unpaired) electrons. The van der Waals surface area contributed by atoms with E-state index in [9.17, 15) is 14.4 Å². The van der Waals surface area contributed by atoms with Crippen LogP contribution < -0.4 is 15.4 Å². The molecule has 9 heteroatoms. The maximum Gasteiger partial charge on any atom is 0.339 e. The number of rotatable bonds is 8. The number of hydrogen-bond acceptors (Lipinski definition) is 7. The number of aromatic nitrogens is 1. The van der Waals surface area contributed by atoms with Gasteiger partial charge < -0.3 is 24.8 Å². The average molecular weight is 552 g/mol. The number of fused-ring (bicyclic) bond motifs is 1. The minimum atomic E-state index is -0.823. The van der Waals surface area contributed by atoms with Crippen LogP contribution in [0.3, 0.4) is 0 Å². The Balaban J connectivity index is 1.51. The lowest BCUT2D eigenvalue weighted by Crippen LogP contribution is -2.47. The maximum atomic E-state index is 13.6. The van der Waals surface area contributed by atoms with Crippen LogP contribution in [-0.2, 0) is 14.3 Å². The zero-order chi connectivity index (χ0) is 28.9. The molecule has 1 aliphatic rings. The zero-order valence-electron chi connectivity index (χ0n) is 22.9. The molecule has 3 aromatic carbocycles. The van der Waals surface area contributed by atoms with E-state index in [0.717, 1.165) is 11.1 Å². The molecule has 41 heavy (non-hydrogen) atoms. The quantitative estimate of drug-likeness (QED) is 0.288. The van der Waals surface area contributed by atoms with Crippen molar-refractivity contribution in [3.8, 4) is 17.0 Å². The van der Waals surface area contributed by atoms with Crippen LogP contribution in [0.2, 0.25) is 0 Å². The number of aryl methyl sites for hydroxylation is 1. The number of methoxy groups -OCH3 is 1. The Hall–Kier alpha value is -5.18. The average Bonchev–Trinajstić information content (AvgIpc) is 2.99. The molecule has 0 spiro atoms. The van der Waals surface area contributed by atoms with Crippen molar-refractivity contribution in [3.05, 3.63) is 107 Å². The van der Waals surface area contributed by atoms with Crippen LogP contribution in [0.1, 0.15) is 34.5 Å². The van der Waals surface area contributed by atoms with Gasteiger partial charge in [-0.2, -0.15) is 0 Å². The number of amides is 2. The third kappa shape index (κ3) is 5.89. The third-order valence-electron chi connectivity index (χ3n) is 6.70. The highest BCUT2D eigenvalue weighted by atomic mass is 16.5. The molecule has 1 aliphatic heterocycles. The molecule has 0 unspecified atom stereocenters. The Kier molecular flexibility index (Phi) is 7.96. The number of carbonyl (C=O) groups is 3. The Bertz CT molecular complexity index is 1650. The fraction of sp³-hybridized carbons (Fsp3) is 0.188. The van der Waals surface area contributed by atoms with Crippen LogP contribution in [0.25, 0.3) is 22.2 Å². The second kappa shape index (κ2) is 11.9. The van der Waals surface area contributed by atoms with Crippen molar-refractivity contribution in [1.29, 1.82) is 0 Å². The molecule has 0 fully saturated rings. The number of hydrogen-bond donors (Lipinski definition) is 2. The summed E-state index contributed by atoms with van der Waals surface area (Å²) in [6, 6.07) is 22.5. The van der Waals surface area contributed by atoms with Gasteiger partial charge in [-0.1, -0.05) is 54.1 Å². The minimum Gasteiger partial charge on any atom is -0.497 e. The maximum absolute atomic E-state index is 13.6. The number of nitrogens with one attached hydrogen (secondary N) is 2. The lowest BCUT2D eigenvalue weighted by atomic mass is 9.95. The van der Waals surface area contributed by atoms with Crippen molar-refractivity contribution in [2.75, 3.05) is 20.3 Å². The van der Waals surface area contributed by atoms with Gasteiger partial charge in [0.1, 0.15) is 12.4 Å². The summed E-state index contributed by atoms with van der Waals surface area (Å²) in [7, 11) is 1.55. The van der Waals surface area contributed by atoms with Crippen LogP contribution in [0, 0.1) is 6.92 Å². The minimum absolute atomic E-state index is 0.128. The van der Waals surface area contributed by atoms with Gasteiger partial charge in [0.05, 0.1) is 47.8 Å². The van der Waals surface area contributed by atoms with E-state index in [0.29, 0.717) is 33.5 Å². The summed E-state index contributed by atoms with van der Waals surface area (Å²) in [5.74, 6) is -0.632. The summed E-state index contributed by atoms with van der Waals surface area (Å²) in [4.78, 5) is 44.1. The lowest BCUT2D eigenvalue weighted by molar-refractivity contribution is -0.139. The molecule has 2 amide bonds. The number of benzene rings is 3. The van der Waals surface area contributed by atoms with Gasteiger partial charge in [0.2, 0.25) is 0 Å². The van der Waals surface area contributed by atoms with Gasteiger partial charge in [-0.25, -0.2) is 19.4 Å². The third-order valence-corrected chi connectivity index (χ3v) is 6.70. The SMILES string of the molecule is CCOC(=O)C1=C(COC(=O)c2cc(-c3ccccc3)nc3ccc(C)cc23)NC(=O)N[C@H]1c1ccc(OC)cc1. The second-order valence-electron chi connectivity index (χ2n) is 9.44. The first-order chi connectivity index (χ1) is 19.9. The highest BCUT2D eigenvalue weighted by Crippen LogP contribution is 2.30. The smallest absolute Gasteiger partial charge is 0.339 e. The highest BCUT2D eigenvalue weighted by Gasteiger charge is 2.34. The number of nitrogens with zero attached hydrogens (tertiary/aromatic N) is 1. The summed E-state index contributed by atoms with van der Waals surface area (Å²) >= 11 is 0. The van der Waals surface area contributed by atoms with E-state index in [1.165, 1.54) is 0 Å². The molecule has 9 nitrogen and oxygen atoms in total. The van der Waals surface area contributed by atoms with E-state index < -0.39 is 24.0 Å². The predicted molar refractivity (Wildman–Crippen MR) is 153 cm³/mol. The molecule has 4 aromatic rings. The molecule has 0 bridgehead atoms. The molecule has 0 saturated heterocycles. The molecule has 0 aliphatic carbocycles. The summed E-state index contributed by atoms with van der Waals surface area (Å²) in [6.45, 7) is 3.39. The molecule has 208 valence electrons. The molecule has 1 atom stereocenters. The molecular weight excluding hydrogens is 522 g/mol. The van der Waals surface area contributed by atoms with Gasteiger partial charge in [-0.15, -0.1) is 0 Å². The lowest BCUT2D eigenvalue weighted by Gasteiger charge is -2.29. The first kappa shape index (κ1) is 27.4. The summed E-state index contributed by atoms with van der Waals surface area (Å²) < 4.78 is 16.3. The van der Waals surface area contributed by atoms with Gasteiger partial charge >= 0.3 is 18.0 Å². The summed E-state index contributed by atoms with van der Waals surface area (Å²) in [5.41, 5.74) is 4.31. The van der Waals surface area contributed by atoms with E-state index in [4.69, 9.17) is 19.2 Å². The summed E-state index contributed by atoms with van der Waals surface area (Å²) in [6.07, 6.45) is 0. The Morgan fingerprint density at radius 3 is 2.39 bits per heavy atom. The first-order valence-corrected chi connectivity index (χ1v) is 13.1. The van der Waals surface area contributed by atoms with Gasteiger partial charge in [0, 0.05) is 10.9 Å². The summed E-state index contributed by atoms with van der Waals surface area (Å²) in [5, 5.41) is 6.04. The largest absolute Gasteiger partial charge is 0.497 e. The number of ether oxygens (including phenoxy) is 3. The topological polar surface area (TPSA) is 116 Å². The van der Waals surface area contributed by atoms with Crippen molar-refractivity contribution in [2.24, 2.45) is 0 Å². The number of urea groups is 1. The Morgan fingerprint density at radius 2 is 1.68 bits per heavy atom. The Labute approximate surface area is 237 Å². The van der Waals surface area contributed by atoms with Crippen LogP contribution in [-0.4, -0.2) is 43.3 Å². The zero-order valence-corrected chi connectivity index (χ0v) is 22.9. The molecule has 2 N–H and O–H groups in total. The van der Waals surface area contributed by atoms with E-state index >= 15 is 0 Å². The van der Waals surface area contributed by atoms with Gasteiger partial charge in [0.25, 0.3) is 0 Å². The monoisotopic (exact) mass is 551 g/mol. The predicted octanol–water partition coefficient (Wildman–Crippen LogP) is 5.25. The molecule has 2 heterocycles. The fourth-order valence-electron chi connectivity index (χ4n) is 4.71. The van der Waals surface area contributed by atoms with Gasteiger partial charge in [0.15, 0.2) is 0 Å². The van der Waals surface area contributed by atoms with Gasteiger partial charge in [-0.05, 0) is 49.7 Å². The standard InChI is InChI=1S/C32H29N3O6/c1-4-40-31(37)28-27(34-32(38)35-29(28)21-11-13-22(39-3)14-12-21)18-41-30(36)24-17-26(20-8-6-5-7-9-20)33-25-15-10-19(2)16-23(24)25/h5-17,29H,4,18H2,1-3H3,(H2,34,35,38)/t29-/m0/s1. The van der Waals surface area contributed by atoms with Crippen molar-refractivity contribution >= 4 is 28.9 Å². The van der Waals surface area contributed by atoms with E-state index in [1.54, 1.807) is 44.4 Å². The Morgan fingerprint density at radius 1 is 0.927 bits per heavy atom. The van der Waals surface area contributed by atoms with Crippen molar-refractivity contribution in [1.82, 2.24) is 15.6 Å². The van der Waals surface area contributed by atoms with Crippen LogP contribution in [0.15, 0.2) is 90.1 Å². The van der Waals surface area contributed by atoms with Crippen LogP contribution >= 0.6 is 0 Å². The number of esters is 2. The molecular formula is C32H29N3O6. The normalized spacial score (nSPS) is 14.7. The highest BCUT2D eigenvalue weighted by molar-refractivity contribution is 6.05. The first-order valence-electron chi connectivity index (χ1n) is 13.1. The van der Waals surface area contributed by atoms with E-state index in [1.807, 2.05) is 55.5 Å². The van der Waals surface area contributed by atoms with Crippen molar-refractivity contribution in [2.45, 2.75) is 19.9 Å².